The Morgan fingerprint density at radius 3 is 1.79 bits per heavy atom. The number of rotatable bonds is 10. The van der Waals surface area contributed by atoms with Gasteiger partial charge in [0.1, 0.15) is 12.2 Å². The second-order valence-electron chi connectivity index (χ2n) is 7.04. The Bertz CT molecular complexity index is 806. The highest BCUT2D eigenvalue weighted by molar-refractivity contribution is 5.88. The van der Waals surface area contributed by atoms with Crippen LogP contribution in [0.2, 0.25) is 0 Å². The Morgan fingerprint density at radius 2 is 1.31 bits per heavy atom. The minimum Gasteiger partial charge on any atom is -0.483 e. The maximum Gasteiger partial charge on any atom is 0.341 e. The Morgan fingerprint density at radius 1 is 0.828 bits per heavy atom. The van der Waals surface area contributed by atoms with Crippen LogP contribution >= 0.6 is 0 Å². The zero-order valence-corrected chi connectivity index (χ0v) is 17.0. The summed E-state index contributed by atoms with van der Waals surface area (Å²) in [6.07, 6.45) is 9.26. The number of carboxylic acid groups (broad SMARTS) is 1. The van der Waals surface area contributed by atoms with Crippen LogP contribution in [0.5, 0.6) is 5.75 Å². The molecule has 0 saturated carbocycles. The minimum atomic E-state index is -2.11. The van der Waals surface area contributed by atoms with Crippen molar-refractivity contribution in [2.45, 2.75) is 53.4 Å². The number of aromatic carboxylic acids is 1. The van der Waals surface area contributed by atoms with Gasteiger partial charge in [0.25, 0.3) is 0 Å². The van der Waals surface area contributed by atoms with Crippen molar-refractivity contribution >= 4 is 5.97 Å². The van der Waals surface area contributed by atoms with Crippen LogP contribution in [0, 0.1) is 23.3 Å². The molecule has 1 N–H and O–H groups in total. The van der Waals surface area contributed by atoms with Crippen LogP contribution in [0.15, 0.2) is 34.9 Å². The molecule has 0 fully saturated rings. The lowest BCUT2D eigenvalue weighted by atomic mass is 10.1. The molecule has 0 heterocycles. The standard InChI is InChI=1S/C22H26F4O3/c1-13(2)7-5-8-14(3)9-6-10-15(4)11-12-29-21-19(25)17(23)16(22(27)28)18(24)20(21)26/h7,9,11H,5-6,8,10,12H2,1-4H3,(H,27,28). The number of halogens is 4. The van der Waals surface area contributed by atoms with Gasteiger partial charge in [-0.25, -0.2) is 13.6 Å². The molecule has 1 aromatic carbocycles. The Kier molecular flexibility index (Phi) is 9.65. The van der Waals surface area contributed by atoms with Crippen molar-refractivity contribution in [2.24, 2.45) is 0 Å². The molecule has 3 nitrogen and oxygen atoms in total. The third-order valence-electron chi connectivity index (χ3n) is 4.22. The first-order valence-electron chi connectivity index (χ1n) is 9.22. The Balaban J connectivity index is 2.67. The van der Waals surface area contributed by atoms with Crippen molar-refractivity contribution in [3.05, 3.63) is 63.8 Å². The predicted molar refractivity (Wildman–Crippen MR) is 104 cm³/mol. The summed E-state index contributed by atoms with van der Waals surface area (Å²) in [5.74, 6) is -11.1. The molecule has 0 bridgehead atoms. The summed E-state index contributed by atoms with van der Waals surface area (Å²) in [7, 11) is 0. The third-order valence-corrected chi connectivity index (χ3v) is 4.22. The molecule has 1 aromatic rings. The van der Waals surface area contributed by atoms with Gasteiger partial charge in [-0.2, -0.15) is 8.78 Å². The number of carboxylic acids is 1. The molecule has 29 heavy (non-hydrogen) atoms. The van der Waals surface area contributed by atoms with Crippen LogP contribution in [0.3, 0.4) is 0 Å². The quantitative estimate of drug-likeness (QED) is 0.262. The molecule has 0 spiro atoms. The van der Waals surface area contributed by atoms with E-state index in [-0.39, 0.29) is 6.61 Å². The molecule has 0 aliphatic carbocycles. The highest BCUT2D eigenvalue weighted by Crippen LogP contribution is 2.30. The third kappa shape index (κ3) is 7.40. The number of hydrogen-bond acceptors (Lipinski definition) is 2. The van der Waals surface area contributed by atoms with Crippen molar-refractivity contribution in [3.8, 4) is 5.75 Å². The van der Waals surface area contributed by atoms with Crippen molar-refractivity contribution in [1.82, 2.24) is 0 Å². The second kappa shape index (κ2) is 11.4. The Hall–Kier alpha value is -2.57. The summed E-state index contributed by atoms with van der Waals surface area (Å²) in [5.41, 5.74) is 1.73. The van der Waals surface area contributed by atoms with E-state index in [0.29, 0.717) is 6.42 Å². The highest BCUT2D eigenvalue weighted by atomic mass is 19.2. The van der Waals surface area contributed by atoms with Crippen LogP contribution in [-0.2, 0) is 0 Å². The van der Waals surface area contributed by atoms with E-state index in [2.05, 4.69) is 32.9 Å². The molecule has 0 radical (unpaired) electrons. The summed E-state index contributed by atoms with van der Waals surface area (Å²) in [4.78, 5) is 10.7. The average molecular weight is 414 g/mol. The van der Waals surface area contributed by atoms with E-state index < -0.39 is 40.6 Å². The van der Waals surface area contributed by atoms with E-state index in [4.69, 9.17) is 9.84 Å². The zero-order chi connectivity index (χ0) is 22.1. The molecular formula is C22H26F4O3. The largest absolute Gasteiger partial charge is 0.483 e. The fourth-order valence-electron chi connectivity index (χ4n) is 2.53. The van der Waals surface area contributed by atoms with Gasteiger partial charge in [0, 0.05) is 0 Å². The summed E-state index contributed by atoms with van der Waals surface area (Å²) >= 11 is 0. The molecule has 0 aliphatic heterocycles. The summed E-state index contributed by atoms with van der Waals surface area (Å²) in [5, 5.41) is 8.66. The number of hydrogen-bond donors (Lipinski definition) is 1. The number of carbonyl (C=O) groups is 1. The van der Waals surface area contributed by atoms with Crippen LogP contribution < -0.4 is 4.74 Å². The summed E-state index contributed by atoms with van der Waals surface area (Å²) in [6, 6.07) is 0. The molecule has 0 aliphatic rings. The summed E-state index contributed by atoms with van der Waals surface area (Å²) in [6.45, 7) is 7.65. The van der Waals surface area contributed by atoms with Gasteiger partial charge in [-0.15, -0.1) is 0 Å². The molecule has 7 heteroatoms. The Labute approximate surface area is 168 Å². The number of ether oxygens (including phenoxy) is 1. The SMILES string of the molecule is CC(C)=CCCC(C)=CCCC(C)=CCOc1c(F)c(F)c(C(=O)O)c(F)c1F. The van der Waals surface area contributed by atoms with Crippen LogP contribution in [0.1, 0.15) is 63.7 Å². The molecule has 160 valence electrons. The van der Waals surface area contributed by atoms with Crippen molar-refractivity contribution < 1.29 is 32.2 Å². The van der Waals surface area contributed by atoms with Gasteiger partial charge in [0.2, 0.25) is 11.6 Å². The number of benzene rings is 1. The van der Waals surface area contributed by atoms with E-state index in [1.54, 1.807) is 13.0 Å². The first-order valence-corrected chi connectivity index (χ1v) is 9.22. The first kappa shape index (κ1) is 24.5. The topological polar surface area (TPSA) is 46.5 Å². The normalized spacial score (nSPS) is 12.1. The lowest BCUT2D eigenvalue weighted by molar-refractivity contribution is 0.0683. The van der Waals surface area contributed by atoms with Crippen molar-refractivity contribution in [1.29, 1.82) is 0 Å². The van der Waals surface area contributed by atoms with Gasteiger partial charge in [0.15, 0.2) is 17.4 Å². The molecule has 0 saturated heterocycles. The molecule has 0 aromatic heterocycles. The van der Waals surface area contributed by atoms with Gasteiger partial charge in [-0.05, 0) is 59.5 Å². The minimum absolute atomic E-state index is 0.311. The molecular weight excluding hydrogens is 388 g/mol. The lowest BCUT2D eigenvalue weighted by Gasteiger charge is -2.10. The van der Waals surface area contributed by atoms with Gasteiger partial charge in [-0.3, -0.25) is 0 Å². The van der Waals surface area contributed by atoms with Crippen molar-refractivity contribution in [3.63, 3.8) is 0 Å². The van der Waals surface area contributed by atoms with Crippen LogP contribution in [0.25, 0.3) is 0 Å². The van der Waals surface area contributed by atoms with E-state index in [0.717, 1.165) is 24.8 Å². The van der Waals surface area contributed by atoms with Gasteiger partial charge in [0.05, 0.1) is 0 Å². The first-order chi connectivity index (χ1) is 13.6. The smallest absolute Gasteiger partial charge is 0.341 e. The maximum absolute atomic E-state index is 13.8. The van der Waals surface area contributed by atoms with E-state index in [9.17, 15) is 22.4 Å². The zero-order valence-electron chi connectivity index (χ0n) is 17.0. The molecule has 0 amide bonds. The maximum atomic E-state index is 13.8. The fraction of sp³-hybridized carbons (Fsp3) is 0.409. The monoisotopic (exact) mass is 414 g/mol. The molecule has 1 rings (SSSR count). The van der Waals surface area contributed by atoms with E-state index >= 15 is 0 Å². The van der Waals surface area contributed by atoms with E-state index in [1.165, 1.54) is 11.1 Å². The second-order valence-corrected chi connectivity index (χ2v) is 7.04. The fourth-order valence-corrected chi connectivity index (χ4v) is 2.53. The van der Waals surface area contributed by atoms with Gasteiger partial charge in [-0.1, -0.05) is 28.9 Å². The van der Waals surface area contributed by atoms with E-state index in [1.807, 2.05) is 0 Å². The van der Waals surface area contributed by atoms with Crippen LogP contribution in [-0.4, -0.2) is 17.7 Å². The highest BCUT2D eigenvalue weighted by Gasteiger charge is 2.30. The van der Waals surface area contributed by atoms with Crippen LogP contribution in [0.4, 0.5) is 17.6 Å². The molecule has 0 atom stereocenters. The number of allylic oxidation sites excluding steroid dienone is 5. The van der Waals surface area contributed by atoms with Gasteiger partial charge >= 0.3 is 5.97 Å². The average Bonchev–Trinajstić information content (AvgIpc) is 2.62. The summed E-state index contributed by atoms with van der Waals surface area (Å²) < 4.78 is 59.8. The van der Waals surface area contributed by atoms with Gasteiger partial charge < -0.3 is 9.84 Å². The van der Waals surface area contributed by atoms with Crippen molar-refractivity contribution in [2.75, 3.05) is 6.61 Å². The predicted octanol–water partition coefficient (Wildman–Crippen LogP) is 6.74. The molecule has 0 unspecified atom stereocenters. The lowest BCUT2D eigenvalue weighted by Crippen LogP contribution is -2.12.